The summed E-state index contributed by atoms with van der Waals surface area (Å²) in [6.45, 7) is 3.36. The number of carboxylic acid groups (broad SMARTS) is 2. The molecule has 0 rings (SSSR count). The van der Waals surface area contributed by atoms with Crippen molar-refractivity contribution in [1.82, 2.24) is 0 Å². The maximum Gasteiger partial charge on any atom is 2.00 e. The van der Waals surface area contributed by atoms with Crippen LogP contribution in [0.1, 0.15) is 19.6 Å². The van der Waals surface area contributed by atoms with Crippen LogP contribution in [0, 0.1) is 0 Å². The molecule has 0 aromatic rings. The summed E-state index contributed by atoms with van der Waals surface area (Å²) in [6, 6.07) is 0. The predicted octanol–water partition coefficient (Wildman–Crippen LogP) is -6.84. The van der Waals surface area contributed by atoms with Crippen molar-refractivity contribution in [1.29, 1.82) is 0 Å². The van der Waals surface area contributed by atoms with Crippen LogP contribution >= 0.6 is 0 Å². The third-order valence-corrected chi connectivity index (χ3v) is 0.167. The van der Waals surface area contributed by atoms with Gasteiger partial charge in [-0.15, -0.1) is 0 Å². The molecule has 0 atom stereocenters. The summed E-state index contributed by atoms with van der Waals surface area (Å²) in [5, 5.41) is 14.8. The molecule has 0 saturated heterocycles. The van der Waals surface area contributed by atoms with Gasteiger partial charge < -0.3 is 27.4 Å². The fourth-order valence-electron chi connectivity index (χ4n) is 0. The van der Waals surface area contributed by atoms with Crippen molar-refractivity contribution in [2.24, 2.45) is 11.5 Å². The number of nitrogens with two attached hydrogens (primary N) is 2. The van der Waals surface area contributed by atoms with Gasteiger partial charge in [-0.2, -0.15) is 0 Å². The van der Waals surface area contributed by atoms with Crippen molar-refractivity contribution in [3.8, 4) is 0 Å². The van der Waals surface area contributed by atoms with Crippen LogP contribution in [0.4, 0.5) is 0 Å². The van der Waals surface area contributed by atoms with Gasteiger partial charge in [0, 0.05) is 26.9 Å². The number of hydrogen-bond donors (Lipinski definition) is 4. The Morgan fingerprint density at radius 2 is 1.07 bits per heavy atom. The third kappa shape index (κ3) is 330. The second-order valence-corrected chi connectivity index (χ2v) is 1.62. The van der Waals surface area contributed by atoms with Crippen molar-refractivity contribution >= 4 is 49.7 Å². The molecule has 0 radical (unpaired) electrons. The van der Waals surface area contributed by atoms with Gasteiger partial charge in [0.25, 0.3) is 11.9 Å². The fraction of sp³-hybridized carbons (Fsp3) is 0.667. The smallest absolute Gasteiger partial charge is 1.00 e. The van der Waals surface area contributed by atoms with E-state index in [1.54, 1.807) is 0 Å². The summed E-state index contributed by atoms with van der Waals surface area (Å²) in [5.41, 5.74) is 9.81. The van der Waals surface area contributed by atoms with Gasteiger partial charge in [0.2, 0.25) is 0 Å². The van der Waals surface area contributed by atoms with Crippen LogP contribution < -0.4 is 70.6 Å². The molecule has 6 N–H and O–H groups in total. The molecule has 0 heterocycles. The van der Waals surface area contributed by atoms with E-state index in [0.29, 0.717) is 13.1 Å². The van der Waals surface area contributed by atoms with Crippen molar-refractivity contribution < 1.29 is 84.6 Å². The average Bonchev–Trinajstić information content (AvgIpc) is 1.85. The van der Waals surface area contributed by atoms with E-state index in [2.05, 4.69) is 0 Å². The molecule has 82 valence electrons. The van der Waals surface area contributed by atoms with E-state index < -0.39 is 11.9 Å². The average molecular weight is 270 g/mol. The molecule has 0 unspecified atom stereocenters. The molecular formula is C6H20CaN2Na2O4. The predicted molar refractivity (Wildman–Crippen MR) is 54.9 cm³/mol. The Hall–Kier alpha value is 2.12. The Labute approximate surface area is 170 Å². The van der Waals surface area contributed by atoms with Crippen molar-refractivity contribution in [2.45, 2.75) is 13.8 Å². The molecule has 0 spiro atoms. The maximum absolute atomic E-state index is 9.00. The van der Waals surface area contributed by atoms with Crippen molar-refractivity contribution in [3.05, 3.63) is 0 Å². The van der Waals surface area contributed by atoms with Crippen LogP contribution in [0.25, 0.3) is 0 Å². The molecule has 0 aromatic carbocycles. The van der Waals surface area contributed by atoms with E-state index >= 15 is 0 Å². The molecule has 0 fully saturated rings. The van der Waals surface area contributed by atoms with Gasteiger partial charge in [-0.05, 0) is 0 Å². The van der Waals surface area contributed by atoms with E-state index in [4.69, 9.17) is 31.3 Å². The normalized spacial score (nSPS) is 5.33. The quantitative estimate of drug-likeness (QED) is 0.351. The Balaban J connectivity index is -0.00000000675. The molecule has 0 aliphatic rings. The van der Waals surface area contributed by atoms with E-state index in [9.17, 15) is 0 Å². The number of carboxylic acids is 2. The van der Waals surface area contributed by atoms with E-state index in [-0.39, 0.29) is 103 Å². The first-order valence-electron chi connectivity index (χ1n) is 3.17. The minimum absolute atomic E-state index is 0. The van der Waals surface area contributed by atoms with Crippen LogP contribution in [-0.4, -0.2) is 73.0 Å². The van der Waals surface area contributed by atoms with Crippen LogP contribution in [0.15, 0.2) is 0 Å². The zero-order valence-electron chi connectivity index (χ0n) is 14.0. The van der Waals surface area contributed by atoms with Gasteiger partial charge >= 0.3 is 96.9 Å². The fourth-order valence-corrected chi connectivity index (χ4v) is 0. The van der Waals surface area contributed by atoms with Gasteiger partial charge in [0.05, 0.1) is 0 Å². The first kappa shape index (κ1) is 36.0. The van der Waals surface area contributed by atoms with Crippen LogP contribution in [0.5, 0.6) is 0 Å². The minimum atomic E-state index is -0.833. The Morgan fingerprint density at radius 3 is 1.07 bits per heavy atom. The molecular weight excluding hydrogens is 250 g/mol. The third-order valence-electron chi connectivity index (χ3n) is 0.167. The largest absolute Gasteiger partial charge is 2.00 e. The molecule has 6 nitrogen and oxygen atoms in total. The molecule has 9 heteroatoms. The maximum atomic E-state index is 9.00. The van der Waals surface area contributed by atoms with Gasteiger partial charge in [0.1, 0.15) is 0 Å². The molecule has 15 heavy (non-hydrogen) atoms. The summed E-state index contributed by atoms with van der Waals surface area (Å²) in [6.07, 6.45) is 0. The monoisotopic (exact) mass is 270 g/mol. The summed E-state index contributed by atoms with van der Waals surface area (Å²) >= 11 is 0. The van der Waals surface area contributed by atoms with Gasteiger partial charge in [-0.3, -0.25) is 9.59 Å². The molecule has 0 amide bonds. The summed E-state index contributed by atoms with van der Waals surface area (Å²) in [5.74, 6) is -1.67. The zero-order chi connectivity index (χ0) is 10.6. The van der Waals surface area contributed by atoms with Crippen LogP contribution in [0.2, 0.25) is 0 Å². The van der Waals surface area contributed by atoms with Gasteiger partial charge in [0.15, 0.2) is 0 Å². The summed E-state index contributed by atoms with van der Waals surface area (Å²) < 4.78 is 0. The van der Waals surface area contributed by atoms with Crippen molar-refractivity contribution in [2.75, 3.05) is 13.1 Å². The summed E-state index contributed by atoms with van der Waals surface area (Å²) in [4.78, 5) is 18.0. The van der Waals surface area contributed by atoms with E-state index in [1.165, 1.54) is 0 Å². The van der Waals surface area contributed by atoms with Gasteiger partial charge in [-0.25, -0.2) is 0 Å². The first-order chi connectivity index (χ1) is 5.38. The molecule has 0 saturated carbocycles. The molecule has 0 aliphatic carbocycles. The SMILES string of the molecule is CC(=O)O.CC(=O)O.NCCN.[Ca+2].[H-].[H-].[H-].[H-].[Na+].[Na+]. The Bertz CT molecular complexity index is 122. The Morgan fingerprint density at radius 1 is 1.00 bits per heavy atom. The molecule has 0 aliphatic heterocycles. The zero-order valence-corrected chi connectivity index (χ0v) is 16.2. The number of aliphatic carboxylic acids is 2. The second kappa shape index (κ2) is 36.0. The number of carbonyl (C=O) groups is 2. The number of hydrogen-bond acceptors (Lipinski definition) is 4. The standard InChI is InChI=1S/C2H8N2.2C2H4O2.Ca.2Na.4H/c3-1-2-4;2*1-2(3)4;;;;;;;/h1-4H2;2*1H3,(H,3,4);;;;;;;/q;;;+2;2*+1;4*-1. The van der Waals surface area contributed by atoms with E-state index in [0.717, 1.165) is 13.8 Å². The van der Waals surface area contributed by atoms with Gasteiger partial charge in [-0.1, -0.05) is 0 Å². The van der Waals surface area contributed by atoms with Crippen molar-refractivity contribution in [3.63, 3.8) is 0 Å². The topological polar surface area (TPSA) is 127 Å². The Kier molecular flexibility index (Phi) is 86.3. The first-order valence-corrected chi connectivity index (χ1v) is 3.17. The van der Waals surface area contributed by atoms with Crippen LogP contribution in [-0.2, 0) is 9.59 Å². The molecule has 0 bridgehead atoms. The van der Waals surface area contributed by atoms with Crippen LogP contribution in [0.3, 0.4) is 0 Å². The molecule has 0 aromatic heterocycles. The minimum Gasteiger partial charge on any atom is -1.00 e. The second-order valence-electron chi connectivity index (χ2n) is 1.62. The summed E-state index contributed by atoms with van der Waals surface area (Å²) in [7, 11) is 0. The number of rotatable bonds is 1. The van der Waals surface area contributed by atoms with E-state index in [1.807, 2.05) is 0 Å².